The van der Waals surface area contributed by atoms with Crippen molar-refractivity contribution in [1.29, 1.82) is 0 Å². The molecule has 0 amide bonds. The van der Waals surface area contributed by atoms with E-state index in [0.717, 1.165) is 0 Å². The Kier molecular flexibility index (Phi) is 4.03. The first-order chi connectivity index (χ1) is 10.1. The lowest BCUT2D eigenvalue weighted by Crippen LogP contribution is -2.15. The van der Waals surface area contributed by atoms with Gasteiger partial charge in [0.15, 0.2) is 11.5 Å². The van der Waals surface area contributed by atoms with Gasteiger partial charge in [0.1, 0.15) is 13.2 Å². The zero-order valence-corrected chi connectivity index (χ0v) is 12.7. The first kappa shape index (κ1) is 14.2. The fraction of sp³-hybridized carbons (Fsp3) is 0.200. The van der Waals surface area contributed by atoms with E-state index in [2.05, 4.69) is 0 Å². The van der Waals surface area contributed by atoms with E-state index >= 15 is 0 Å². The Labute approximate surface area is 130 Å². The molecule has 1 unspecified atom stereocenters. The van der Waals surface area contributed by atoms with Gasteiger partial charge in [-0.3, -0.25) is 4.21 Å². The standard InChI is InChI=1S/C15H14ClNO3S/c16-12-2-1-3-13(17)11(12)9-21(18)10-4-5-14-15(8-10)20-7-6-19-14/h1-5,8H,6-7,9,17H2. The van der Waals surface area contributed by atoms with Gasteiger partial charge in [-0.1, -0.05) is 17.7 Å². The number of hydrogen-bond donors (Lipinski definition) is 1. The number of anilines is 1. The van der Waals surface area contributed by atoms with Crippen molar-refractivity contribution in [3.05, 3.63) is 47.0 Å². The summed E-state index contributed by atoms with van der Waals surface area (Å²) in [5.74, 6) is 1.57. The number of rotatable bonds is 3. The predicted molar refractivity (Wildman–Crippen MR) is 83.4 cm³/mol. The Bertz CT molecular complexity index is 685. The van der Waals surface area contributed by atoms with Crippen molar-refractivity contribution >= 4 is 28.1 Å². The molecular weight excluding hydrogens is 310 g/mol. The van der Waals surface area contributed by atoms with Gasteiger partial charge in [-0.25, -0.2) is 0 Å². The van der Waals surface area contributed by atoms with Gasteiger partial charge in [-0.2, -0.15) is 0 Å². The number of nitrogens with two attached hydrogens (primary N) is 1. The zero-order valence-electron chi connectivity index (χ0n) is 11.2. The summed E-state index contributed by atoms with van der Waals surface area (Å²) in [4.78, 5) is 0.665. The number of fused-ring (bicyclic) bond motifs is 1. The van der Waals surface area contributed by atoms with Crippen LogP contribution in [0.25, 0.3) is 0 Å². The van der Waals surface area contributed by atoms with E-state index in [1.165, 1.54) is 0 Å². The summed E-state index contributed by atoms with van der Waals surface area (Å²) in [5.41, 5.74) is 7.15. The summed E-state index contributed by atoms with van der Waals surface area (Å²) in [7, 11) is -1.25. The maximum absolute atomic E-state index is 12.5. The summed E-state index contributed by atoms with van der Waals surface area (Å²) >= 11 is 6.12. The van der Waals surface area contributed by atoms with Crippen LogP contribution < -0.4 is 15.2 Å². The lowest BCUT2D eigenvalue weighted by molar-refractivity contribution is 0.171. The zero-order chi connectivity index (χ0) is 14.8. The molecule has 6 heteroatoms. The number of benzene rings is 2. The van der Waals surface area contributed by atoms with Crippen LogP contribution in [0, 0.1) is 0 Å². The number of halogens is 1. The highest BCUT2D eigenvalue weighted by Gasteiger charge is 2.16. The second-order valence-corrected chi connectivity index (χ2v) is 6.46. The van der Waals surface area contributed by atoms with Gasteiger partial charge in [-0.15, -0.1) is 0 Å². The lowest BCUT2D eigenvalue weighted by atomic mass is 10.2. The second kappa shape index (κ2) is 5.95. The molecule has 2 aromatic rings. The van der Waals surface area contributed by atoms with E-state index in [0.29, 0.717) is 45.9 Å². The van der Waals surface area contributed by atoms with Crippen LogP contribution in [-0.2, 0) is 16.6 Å². The molecule has 4 nitrogen and oxygen atoms in total. The minimum atomic E-state index is -1.25. The molecule has 0 saturated heterocycles. The Morgan fingerprint density at radius 2 is 1.90 bits per heavy atom. The van der Waals surface area contributed by atoms with Crippen LogP contribution in [0.5, 0.6) is 11.5 Å². The lowest BCUT2D eigenvalue weighted by Gasteiger charge is -2.18. The summed E-state index contributed by atoms with van der Waals surface area (Å²) in [6.07, 6.45) is 0. The Hall–Kier alpha value is -1.72. The quantitative estimate of drug-likeness (QED) is 0.882. The summed E-state index contributed by atoms with van der Waals surface area (Å²) < 4.78 is 23.5. The molecule has 1 aliphatic rings. The van der Waals surface area contributed by atoms with Gasteiger partial charge >= 0.3 is 0 Å². The highest BCUT2D eigenvalue weighted by atomic mass is 35.5. The van der Waals surface area contributed by atoms with Crippen molar-refractivity contribution in [2.75, 3.05) is 18.9 Å². The van der Waals surface area contributed by atoms with Crippen molar-refractivity contribution in [3.63, 3.8) is 0 Å². The van der Waals surface area contributed by atoms with Crippen LogP contribution in [0.4, 0.5) is 5.69 Å². The Morgan fingerprint density at radius 1 is 1.14 bits per heavy atom. The van der Waals surface area contributed by atoms with Crippen molar-refractivity contribution < 1.29 is 13.7 Å². The van der Waals surface area contributed by atoms with E-state index in [-0.39, 0.29) is 5.75 Å². The van der Waals surface area contributed by atoms with Gasteiger partial charge in [0, 0.05) is 27.2 Å². The average molecular weight is 324 g/mol. The number of ether oxygens (including phenoxy) is 2. The molecule has 1 aliphatic heterocycles. The minimum absolute atomic E-state index is 0.269. The van der Waals surface area contributed by atoms with E-state index in [1.807, 2.05) is 0 Å². The Balaban J connectivity index is 1.86. The molecule has 110 valence electrons. The van der Waals surface area contributed by atoms with Crippen molar-refractivity contribution in [2.45, 2.75) is 10.6 Å². The van der Waals surface area contributed by atoms with E-state index in [4.69, 9.17) is 26.8 Å². The topological polar surface area (TPSA) is 61.6 Å². The molecule has 0 aromatic heterocycles. The highest BCUT2D eigenvalue weighted by Crippen LogP contribution is 2.33. The first-order valence-electron chi connectivity index (χ1n) is 6.46. The minimum Gasteiger partial charge on any atom is -0.486 e. The fourth-order valence-corrected chi connectivity index (χ4v) is 3.64. The van der Waals surface area contributed by atoms with Crippen molar-refractivity contribution in [1.82, 2.24) is 0 Å². The fourth-order valence-electron chi connectivity index (χ4n) is 2.11. The van der Waals surface area contributed by atoms with Crippen molar-refractivity contribution in [3.8, 4) is 11.5 Å². The molecule has 1 atom stereocenters. The third-order valence-electron chi connectivity index (χ3n) is 3.21. The van der Waals surface area contributed by atoms with Crippen LogP contribution in [0.2, 0.25) is 5.02 Å². The predicted octanol–water partition coefficient (Wildman–Crippen LogP) is 3.00. The van der Waals surface area contributed by atoms with Crippen LogP contribution in [0.1, 0.15) is 5.56 Å². The average Bonchev–Trinajstić information content (AvgIpc) is 2.50. The molecule has 0 bridgehead atoms. The molecule has 0 saturated carbocycles. The smallest absolute Gasteiger partial charge is 0.162 e. The second-order valence-electron chi connectivity index (χ2n) is 4.60. The normalized spacial score (nSPS) is 14.7. The number of nitrogen functional groups attached to an aromatic ring is 1. The largest absolute Gasteiger partial charge is 0.486 e. The third kappa shape index (κ3) is 2.99. The summed E-state index contributed by atoms with van der Waals surface area (Å²) in [6, 6.07) is 10.6. The molecule has 0 fully saturated rings. The first-order valence-corrected chi connectivity index (χ1v) is 8.16. The van der Waals surface area contributed by atoms with Gasteiger partial charge in [0.25, 0.3) is 0 Å². The molecule has 21 heavy (non-hydrogen) atoms. The van der Waals surface area contributed by atoms with Crippen LogP contribution >= 0.6 is 11.6 Å². The monoisotopic (exact) mass is 323 g/mol. The summed E-state index contributed by atoms with van der Waals surface area (Å²) in [5, 5.41) is 0.529. The molecule has 2 aromatic carbocycles. The van der Waals surface area contributed by atoms with Crippen LogP contribution in [0.15, 0.2) is 41.3 Å². The molecular formula is C15H14ClNO3S. The van der Waals surface area contributed by atoms with Crippen LogP contribution in [-0.4, -0.2) is 17.4 Å². The maximum Gasteiger partial charge on any atom is 0.162 e. The molecule has 2 N–H and O–H groups in total. The molecule has 3 rings (SSSR count). The molecule has 1 heterocycles. The maximum atomic E-state index is 12.5. The van der Waals surface area contributed by atoms with Gasteiger partial charge < -0.3 is 15.2 Å². The SMILES string of the molecule is Nc1cccc(Cl)c1CS(=O)c1ccc2c(c1)OCCO2. The molecule has 0 aliphatic carbocycles. The Morgan fingerprint density at radius 3 is 2.67 bits per heavy atom. The van der Waals surface area contributed by atoms with E-state index < -0.39 is 10.8 Å². The summed E-state index contributed by atoms with van der Waals surface area (Å²) in [6.45, 7) is 1.03. The number of hydrogen-bond acceptors (Lipinski definition) is 4. The van der Waals surface area contributed by atoms with Gasteiger partial charge in [0.2, 0.25) is 0 Å². The molecule has 0 spiro atoms. The van der Waals surface area contributed by atoms with Gasteiger partial charge in [0.05, 0.1) is 16.6 Å². The van der Waals surface area contributed by atoms with E-state index in [9.17, 15) is 4.21 Å². The van der Waals surface area contributed by atoms with Crippen LogP contribution in [0.3, 0.4) is 0 Å². The van der Waals surface area contributed by atoms with Gasteiger partial charge in [-0.05, 0) is 24.3 Å². The van der Waals surface area contributed by atoms with Crippen molar-refractivity contribution in [2.24, 2.45) is 0 Å². The highest BCUT2D eigenvalue weighted by molar-refractivity contribution is 7.84. The van der Waals surface area contributed by atoms with E-state index in [1.54, 1.807) is 36.4 Å². The third-order valence-corrected chi connectivity index (χ3v) is 4.89. The molecule has 0 radical (unpaired) electrons.